The van der Waals surface area contributed by atoms with Crippen molar-refractivity contribution in [2.24, 2.45) is 0 Å². The van der Waals surface area contributed by atoms with Crippen LogP contribution in [0.1, 0.15) is 17.0 Å². The van der Waals surface area contributed by atoms with E-state index in [1.165, 1.54) is 5.56 Å². The van der Waals surface area contributed by atoms with Crippen molar-refractivity contribution in [1.29, 1.82) is 0 Å². The summed E-state index contributed by atoms with van der Waals surface area (Å²) in [5.74, 6) is 0. The van der Waals surface area contributed by atoms with E-state index in [0.717, 1.165) is 17.8 Å². The van der Waals surface area contributed by atoms with Gasteiger partial charge in [-0.1, -0.05) is 36.4 Å². The molecule has 2 rings (SSSR count). The molecular formula is C13H14N2. The third-order valence-corrected chi connectivity index (χ3v) is 2.34. The lowest BCUT2D eigenvalue weighted by Crippen LogP contribution is -1.80. The minimum absolute atomic E-state index is 0.952. The van der Waals surface area contributed by atoms with Crippen LogP contribution in [-0.4, -0.2) is 9.97 Å². The minimum atomic E-state index is 0.952. The van der Waals surface area contributed by atoms with Crippen molar-refractivity contribution in [2.45, 2.75) is 13.3 Å². The van der Waals surface area contributed by atoms with Crippen LogP contribution in [0.25, 0.3) is 6.08 Å². The summed E-state index contributed by atoms with van der Waals surface area (Å²) in [6.07, 6.45) is 6.86. The van der Waals surface area contributed by atoms with Gasteiger partial charge in [-0.3, -0.25) is 0 Å². The van der Waals surface area contributed by atoms with Crippen LogP contribution in [0.2, 0.25) is 0 Å². The Bertz CT molecular complexity index is 441. The molecule has 0 saturated heterocycles. The van der Waals surface area contributed by atoms with Crippen molar-refractivity contribution in [3.8, 4) is 0 Å². The highest BCUT2D eigenvalue weighted by Gasteiger charge is 1.94. The SMILES string of the molecule is Cc1[nH]cnc1C=CCc1ccccc1. The zero-order valence-corrected chi connectivity index (χ0v) is 8.77. The second kappa shape index (κ2) is 4.60. The number of benzene rings is 1. The third kappa shape index (κ3) is 2.56. The molecule has 0 aliphatic rings. The van der Waals surface area contributed by atoms with Crippen LogP contribution in [0.4, 0.5) is 0 Å². The Morgan fingerprint density at radius 3 is 2.73 bits per heavy atom. The monoisotopic (exact) mass is 198 g/mol. The third-order valence-electron chi connectivity index (χ3n) is 2.34. The molecule has 0 fully saturated rings. The number of allylic oxidation sites excluding steroid dienone is 1. The maximum absolute atomic E-state index is 4.20. The number of nitrogens with zero attached hydrogens (tertiary/aromatic N) is 1. The highest BCUT2D eigenvalue weighted by Crippen LogP contribution is 2.05. The quantitative estimate of drug-likeness (QED) is 0.807. The first kappa shape index (κ1) is 9.71. The zero-order valence-electron chi connectivity index (χ0n) is 8.77. The Morgan fingerprint density at radius 1 is 1.27 bits per heavy atom. The van der Waals surface area contributed by atoms with Crippen molar-refractivity contribution < 1.29 is 0 Å². The molecule has 1 aromatic carbocycles. The number of hydrogen-bond donors (Lipinski definition) is 1. The molecule has 0 radical (unpaired) electrons. The van der Waals surface area contributed by atoms with Crippen LogP contribution in [0.3, 0.4) is 0 Å². The van der Waals surface area contributed by atoms with Gasteiger partial charge in [0.25, 0.3) is 0 Å². The van der Waals surface area contributed by atoms with Gasteiger partial charge in [0.2, 0.25) is 0 Å². The number of nitrogens with one attached hydrogen (secondary N) is 1. The molecule has 0 bridgehead atoms. The van der Waals surface area contributed by atoms with E-state index in [1.807, 2.05) is 13.0 Å². The van der Waals surface area contributed by atoms with E-state index in [-0.39, 0.29) is 0 Å². The van der Waals surface area contributed by atoms with E-state index in [9.17, 15) is 0 Å². The Balaban J connectivity index is 2.00. The van der Waals surface area contributed by atoms with Crippen LogP contribution in [-0.2, 0) is 6.42 Å². The fourth-order valence-electron chi connectivity index (χ4n) is 1.46. The van der Waals surface area contributed by atoms with Gasteiger partial charge in [-0.15, -0.1) is 0 Å². The number of aromatic amines is 1. The average molecular weight is 198 g/mol. The average Bonchev–Trinajstić information content (AvgIpc) is 2.66. The van der Waals surface area contributed by atoms with Gasteiger partial charge < -0.3 is 4.98 Å². The summed E-state index contributed by atoms with van der Waals surface area (Å²) in [4.78, 5) is 7.26. The van der Waals surface area contributed by atoms with E-state index in [1.54, 1.807) is 6.33 Å². The molecule has 1 heterocycles. The van der Waals surface area contributed by atoms with Crippen molar-refractivity contribution in [3.05, 3.63) is 59.7 Å². The van der Waals surface area contributed by atoms with Crippen molar-refractivity contribution in [3.63, 3.8) is 0 Å². The summed E-state index contributed by atoms with van der Waals surface area (Å²) in [6.45, 7) is 2.02. The summed E-state index contributed by atoms with van der Waals surface area (Å²) >= 11 is 0. The molecular weight excluding hydrogens is 184 g/mol. The maximum Gasteiger partial charge on any atom is 0.0929 e. The predicted molar refractivity (Wildman–Crippen MR) is 62.5 cm³/mol. The molecule has 0 aliphatic heterocycles. The molecule has 0 saturated carbocycles. The van der Waals surface area contributed by atoms with Crippen LogP contribution in [0, 0.1) is 6.92 Å². The fraction of sp³-hybridized carbons (Fsp3) is 0.154. The molecule has 0 unspecified atom stereocenters. The van der Waals surface area contributed by atoms with Crippen molar-refractivity contribution >= 4 is 6.08 Å². The molecule has 0 spiro atoms. The van der Waals surface area contributed by atoms with Crippen molar-refractivity contribution in [2.75, 3.05) is 0 Å². The number of imidazole rings is 1. The number of aryl methyl sites for hydroxylation is 1. The van der Waals surface area contributed by atoms with Gasteiger partial charge in [0.05, 0.1) is 12.0 Å². The molecule has 15 heavy (non-hydrogen) atoms. The first-order valence-corrected chi connectivity index (χ1v) is 5.06. The molecule has 1 aromatic heterocycles. The molecule has 0 aliphatic carbocycles. The number of aromatic nitrogens is 2. The molecule has 2 nitrogen and oxygen atoms in total. The molecule has 2 aromatic rings. The van der Waals surface area contributed by atoms with E-state index < -0.39 is 0 Å². The first-order chi connectivity index (χ1) is 7.36. The first-order valence-electron chi connectivity index (χ1n) is 5.06. The summed E-state index contributed by atoms with van der Waals surface area (Å²) in [5, 5.41) is 0. The smallest absolute Gasteiger partial charge is 0.0929 e. The Hall–Kier alpha value is -1.83. The van der Waals surface area contributed by atoms with E-state index in [0.29, 0.717) is 0 Å². The van der Waals surface area contributed by atoms with Crippen molar-refractivity contribution in [1.82, 2.24) is 9.97 Å². The van der Waals surface area contributed by atoms with Crippen LogP contribution in [0.15, 0.2) is 42.7 Å². The zero-order chi connectivity index (χ0) is 10.5. The standard InChI is InChI=1S/C13H14N2/c1-11-13(15-10-14-11)9-5-8-12-6-3-2-4-7-12/h2-7,9-10H,8H2,1H3,(H,14,15). The van der Waals surface area contributed by atoms with Gasteiger partial charge in [-0.25, -0.2) is 4.98 Å². The summed E-state index contributed by atoms with van der Waals surface area (Å²) in [7, 11) is 0. The summed E-state index contributed by atoms with van der Waals surface area (Å²) < 4.78 is 0. The number of rotatable bonds is 3. The Labute approximate surface area is 89.7 Å². The lowest BCUT2D eigenvalue weighted by Gasteiger charge is -1.94. The van der Waals surface area contributed by atoms with Gasteiger partial charge in [-0.05, 0) is 25.0 Å². The molecule has 0 amide bonds. The van der Waals surface area contributed by atoms with E-state index in [2.05, 4.69) is 46.4 Å². The highest BCUT2D eigenvalue weighted by molar-refractivity contribution is 5.47. The highest BCUT2D eigenvalue weighted by atomic mass is 14.9. The Kier molecular flexibility index (Phi) is 2.98. The van der Waals surface area contributed by atoms with Gasteiger partial charge in [0.15, 0.2) is 0 Å². The van der Waals surface area contributed by atoms with Crippen LogP contribution < -0.4 is 0 Å². The van der Waals surface area contributed by atoms with E-state index >= 15 is 0 Å². The number of H-pyrrole nitrogens is 1. The Morgan fingerprint density at radius 2 is 2.07 bits per heavy atom. The molecule has 2 heteroatoms. The van der Waals surface area contributed by atoms with Gasteiger partial charge in [0, 0.05) is 5.69 Å². The lowest BCUT2D eigenvalue weighted by molar-refractivity contribution is 1.25. The number of hydrogen-bond acceptors (Lipinski definition) is 1. The maximum atomic E-state index is 4.20. The second-order valence-corrected chi connectivity index (χ2v) is 3.50. The summed E-state index contributed by atoms with van der Waals surface area (Å²) in [6, 6.07) is 10.4. The predicted octanol–water partition coefficient (Wildman–Crippen LogP) is 2.97. The summed E-state index contributed by atoms with van der Waals surface area (Å²) in [5.41, 5.74) is 3.45. The van der Waals surface area contributed by atoms with Gasteiger partial charge in [-0.2, -0.15) is 0 Å². The second-order valence-electron chi connectivity index (χ2n) is 3.50. The normalized spacial score (nSPS) is 11.0. The van der Waals surface area contributed by atoms with Gasteiger partial charge >= 0.3 is 0 Å². The largest absolute Gasteiger partial charge is 0.348 e. The minimum Gasteiger partial charge on any atom is -0.348 e. The lowest BCUT2D eigenvalue weighted by atomic mass is 10.1. The molecule has 76 valence electrons. The van der Waals surface area contributed by atoms with Crippen LogP contribution >= 0.6 is 0 Å². The van der Waals surface area contributed by atoms with E-state index in [4.69, 9.17) is 0 Å². The topological polar surface area (TPSA) is 28.7 Å². The molecule has 0 atom stereocenters. The molecule has 1 N–H and O–H groups in total. The van der Waals surface area contributed by atoms with Crippen LogP contribution in [0.5, 0.6) is 0 Å². The van der Waals surface area contributed by atoms with Gasteiger partial charge in [0.1, 0.15) is 0 Å². The fourth-order valence-corrected chi connectivity index (χ4v) is 1.46.